The van der Waals surface area contributed by atoms with E-state index in [2.05, 4.69) is 15.8 Å². The van der Waals surface area contributed by atoms with Crippen LogP contribution in [0.4, 0.5) is 14.9 Å². The van der Waals surface area contributed by atoms with E-state index in [1.165, 1.54) is 6.07 Å². The third kappa shape index (κ3) is 3.78. The van der Waals surface area contributed by atoms with Crippen molar-refractivity contribution in [2.24, 2.45) is 0 Å². The molecular weight excluding hydrogens is 281 g/mol. The summed E-state index contributed by atoms with van der Waals surface area (Å²) in [4.78, 5) is 22.7. The van der Waals surface area contributed by atoms with E-state index in [4.69, 9.17) is 9.63 Å². The summed E-state index contributed by atoms with van der Waals surface area (Å²) in [6, 6.07) is 4.08. The Morgan fingerprint density at radius 3 is 2.76 bits per heavy atom. The van der Waals surface area contributed by atoms with Gasteiger partial charge < -0.3 is 20.3 Å². The zero-order chi connectivity index (χ0) is 15.4. The second-order valence-corrected chi connectivity index (χ2v) is 4.24. The molecule has 1 aromatic carbocycles. The molecule has 0 saturated carbocycles. The van der Waals surface area contributed by atoms with Gasteiger partial charge in [0.25, 0.3) is 0 Å². The summed E-state index contributed by atoms with van der Waals surface area (Å²) in [5, 5.41) is 17.4. The average Bonchev–Trinajstić information content (AvgIpc) is 2.84. The zero-order valence-electron chi connectivity index (χ0n) is 11.0. The minimum absolute atomic E-state index is 0.00449. The fourth-order valence-corrected chi connectivity index (χ4v) is 1.64. The number of aromatic nitrogens is 1. The minimum atomic E-state index is -1.34. The van der Waals surface area contributed by atoms with Crippen LogP contribution in [0, 0.1) is 12.7 Å². The fourth-order valence-electron chi connectivity index (χ4n) is 1.64. The lowest BCUT2D eigenvalue weighted by atomic mass is 10.2. The number of nitrogens with zero attached hydrogens (tertiary/aromatic N) is 1. The van der Waals surface area contributed by atoms with E-state index in [1.807, 2.05) is 0 Å². The topological polar surface area (TPSA) is 104 Å². The molecular formula is C13H12FN3O4. The van der Waals surface area contributed by atoms with Crippen molar-refractivity contribution in [1.29, 1.82) is 0 Å². The van der Waals surface area contributed by atoms with Gasteiger partial charge in [0.2, 0.25) is 0 Å². The number of aromatic carboxylic acids is 1. The first kappa shape index (κ1) is 14.5. The predicted octanol–water partition coefficient (Wildman–Crippen LogP) is 2.14. The van der Waals surface area contributed by atoms with Crippen LogP contribution < -0.4 is 10.6 Å². The van der Waals surface area contributed by atoms with Crippen molar-refractivity contribution in [3.05, 3.63) is 47.1 Å². The van der Waals surface area contributed by atoms with Crippen LogP contribution in [0.2, 0.25) is 0 Å². The fraction of sp³-hybridized carbons (Fsp3) is 0.154. The van der Waals surface area contributed by atoms with Gasteiger partial charge in [0.15, 0.2) is 5.76 Å². The van der Waals surface area contributed by atoms with Gasteiger partial charge in [-0.3, -0.25) is 0 Å². The Kier molecular flexibility index (Phi) is 4.17. The molecule has 1 heterocycles. The number of hydrogen-bond donors (Lipinski definition) is 3. The molecule has 0 aliphatic heterocycles. The third-order valence-corrected chi connectivity index (χ3v) is 2.56. The Balaban J connectivity index is 2.01. The molecule has 0 saturated heterocycles. The number of urea groups is 1. The molecule has 8 heteroatoms. The Morgan fingerprint density at radius 1 is 1.38 bits per heavy atom. The molecule has 2 amide bonds. The lowest BCUT2D eigenvalue weighted by Gasteiger charge is -2.09. The first-order chi connectivity index (χ1) is 9.95. The number of carboxylic acid groups (broad SMARTS) is 1. The molecule has 0 radical (unpaired) electrons. The highest BCUT2D eigenvalue weighted by atomic mass is 19.1. The Bertz CT molecular complexity index is 684. The molecule has 0 bridgehead atoms. The minimum Gasteiger partial charge on any atom is -0.478 e. The smallest absolute Gasteiger partial charge is 0.337 e. The summed E-state index contributed by atoms with van der Waals surface area (Å²) in [5.74, 6) is -1.58. The number of halogens is 1. The Labute approximate surface area is 118 Å². The number of carboxylic acids is 1. The standard InChI is InChI=1S/C13H12FN3O4/c1-7-4-9(21-17-7)6-15-13(20)16-11-3-2-8(14)5-10(11)12(18)19/h2-5H,6H2,1H3,(H,18,19)(H2,15,16,20). The number of carbonyl (C=O) groups is 2. The van der Waals surface area contributed by atoms with Crippen LogP contribution in [0.25, 0.3) is 0 Å². The van der Waals surface area contributed by atoms with Crippen LogP contribution in [0.1, 0.15) is 21.8 Å². The summed E-state index contributed by atoms with van der Waals surface area (Å²) in [5.41, 5.74) is 0.342. The zero-order valence-corrected chi connectivity index (χ0v) is 11.0. The summed E-state index contributed by atoms with van der Waals surface area (Å²) in [6.07, 6.45) is 0. The summed E-state index contributed by atoms with van der Waals surface area (Å²) < 4.78 is 17.9. The molecule has 0 spiro atoms. The molecule has 2 rings (SSSR count). The van der Waals surface area contributed by atoms with E-state index in [0.29, 0.717) is 11.5 Å². The summed E-state index contributed by atoms with van der Waals surface area (Å²) >= 11 is 0. The van der Waals surface area contributed by atoms with Gasteiger partial charge in [0.1, 0.15) is 5.82 Å². The number of benzene rings is 1. The van der Waals surface area contributed by atoms with E-state index < -0.39 is 17.8 Å². The molecule has 110 valence electrons. The van der Waals surface area contributed by atoms with E-state index in [-0.39, 0.29) is 17.8 Å². The van der Waals surface area contributed by atoms with Crippen LogP contribution in [0.5, 0.6) is 0 Å². The largest absolute Gasteiger partial charge is 0.478 e. The van der Waals surface area contributed by atoms with Crippen LogP contribution in [-0.2, 0) is 6.54 Å². The molecule has 7 nitrogen and oxygen atoms in total. The predicted molar refractivity (Wildman–Crippen MR) is 70.5 cm³/mol. The van der Waals surface area contributed by atoms with Gasteiger partial charge in [0.05, 0.1) is 23.5 Å². The SMILES string of the molecule is Cc1cc(CNC(=O)Nc2ccc(F)cc2C(=O)O)on1. The van der Waals surface area contributed by atoms with Crippen molar-refractivity contribution in [2.75, 3.05) is 5.32 Å². The normalized spacial score (nSPS) is 10.2. The summed E-state index contributed by atoms with van der Waals surface area (Å²) in [6.45, 7) is 1.83. The number of hydrogen-bond acceptors (Lipinski definition) is 4. The number of aryl methyl sites for hydroxylation is 1. The second kappa shape index (κ2) is 6.04. The van der Waals surface area contributed by atoms with Crippen LogP contribution in [-0.4, -0.2) is 22.3 Å². The van der Waals surface area contributed by atoms with E-state index >= 15 is 0 Å². The van der Waals surface area contributed by atoms with E-state index in [1.54, 1.807) is 13.0 Å². The lowest BCUT2D eigenvalue weighted by molar-refractivity contribution is 0.0697. The lowest BCUT2D eigenvalue weighted by Crippen LogP contribution is -2.28. The molecule has 0 aliphatic carbocycles. The number of rotatable bonds is 4. The van der Waals surface area contributed by atoms with Gasteiger partial charge >= 0.3 is 12.0 Å². The number of amides is 2. The monoisotopic (exact) mass is 293 g/mol. The third-order valence-electron chi connectivity index (χ3n) is 2.56. The molecule has 0 fully saturated rings. The van der Waals surface area contributed by atoms with Crippen LogP contribution >= 0.6 is 0 Å². The molecule has 2 aromatic rings. The van der Waals surface area contributed by atoms with Gasteiger partial charge in [-0.15, -0.1) is 0 Å². The van der Waals surface area contributed by atoms with E-state index in [9.17, 15) is 14.0 Å². The second-order valence-electron chi connectivity index (χ2n) is 4.24. The molecule has 3 N–H and O–H groups in total. The first-order valence-electron chi connectivity index (χ1n) is 5.95. The van der Waals surface area contributed by atoms with Crippen LogP contribution in [0.15, 0.2) is 28.8 Å². The average molecular weight is 293 g/mol. The summed E-state index contributed by atoms with van der Waals surface area (Å²) in [7, 11) is 0. The molecule has 21 heavy (non-hydrogen) atoms. The highest BCUT2D eigenvalue weighted by Crippen LogP contribution is 2.17. The maximum absolute atomic E-state index is 13.0. The number of anilines is 1. The van der Waals surface area contributed by atoms with Gasteiger partial charge in [-0.05, 0) is 25.1 Å². The first-order valence-corrected chi connectivity index (χ1v) is 5.95. The van der Waals surface area contributed by atoms with Crippen molar-refractivity contribution < 1.29 is 23.6 Å². The Morgan fingerprint density at radius 2 is 2.14 bits per heavy atom. The quantitative estimate of drug-likeness (QED) is 0.801. The maximum atomic E-state index is 13.0. The Hall–Kier alpha value is -2.90. The van der Waals surface area contributed by atoms with Crippen molar-refractivity contribution in [3.63, 3.8) is 0 Å². The number of carbonyl (C=O) groups excluding carboxylic acids is 1. The molecule has 1 aromatic heterocycles. The van der Waals surface area contributed by atoms with Crippen molar-refractivity contribution in [3.8, 4) is 0 Å². The van der Waals surface area contributed by atoms with Crippen molar-refractivity contribution in [1.82, 2.24) is 10.5 Å². The maximum Gasteiger partial charge on any atom is 0.337 e. The van der Waals surface area contributed by atoms with Gasteiger partial charge in [-0.25, -0.2) is 14.0 Å². The highest BCUT2D eigenvalue weighted by molar-refractivity contribution is 5.99. The van der Waals surface area contributed by atoms with Gasteiger partial charge in [0, 0.05) is 6.07 Å². The number of nitrogens with one attached hydrogen (secondary N) is 2. The van der Waals surface area contributed by atoms with Crippen molar-refractivity contribution >= 4 is 17.7 Å². The van der Waals surface area contributed by atoms with Gasteiger partial charge in [-0.2, -0.15) is 0 Å². The van der Waals surface area contributed by atoms with Crippen molar-refractivity contribution in [2.45, 2.75) is 13.5 Å². The highest BCUT2D eigenvalue weighted by Gasteiger charge is 2.13. The molecule has 0 aliphatic rings. The molecule has 0 unspecified atom stereocenters. The molecule has 0 atom stereocenters. The van der Waals surface area contributed by atoms with Crippen LogP contribution in [0.3, 0.4) is 0 Å². The van der Waals surface area contributed by atoms with Gasteiger partial charge in [-0.1, -0.05) is 5.16 Å². The van der Waals surface area contributed by atoms with E-state index in [0.717, 1.165) is 12.1 Å².